The first-order valence-electron chi connectivity index (χ1n) is 8.09. The minimum Gasteiger partial charge on any atom is -0.375 e. The summed E-state index contributed by atoms with van der Waals surface area (Å²) in [4.78, 5) is 29.3. The number of aromatic nitrogens is 1. The Morgan fingerprint density at radius 1 is 1.04 bits per heavy atom. The Morgan fingerprint density at radius 3 is 2.52 bits per heavy atom. The van der Waals surface area contributed by atoms with Crippen LogP contribution in [-0.2, 0) is 22.6 Å². The third kappa shape index (κ3) is 4.14. The molecule has 128 valence electrons. The Kier molecular flexibility index (Phi) is 5.26. The molecule has 3 aromatic rings. The van der Waals surface area contributed by atoms with Crippen molar-refractivity contribution in [3.05, 3.63) is 82.1 Å². The number of aromatic amines is 1. The van der Waals surface area contributed by atoms with Crippen LogP contribution in [0.4, 0.5) is 0 Å². The number of amides is 1. The molecule has 0 saturated carbocycles. The molecule has 0 bridgehead atoms. The largest absolute Gasteiger partial charge is 0.375 e. The third-order valence-electron chi connectivity index (χ3n) is 4.03. The highest BCUT2D eigenvalue weighted by atomic mass is 16.5. The van der Waals surface area contributed by atoms with Gasteiger partial charge in [0, 0.05) is 24.7 Å². The van der Waals surface area contributed by atoms with Gasteiger partial charge >= 0.3 is 0 Å². The highest BCUT2D eigenvalue weighted by Gasteiger charge is 2.16. The number of H-pyrrole nitrogens is 1. The van der Waals surface area contributed by atoms with Gasteiger partial charge in [-0.15, -0.1) is 0 Å². The maximum atomic E-state index is 12.4. The van der Waals surface area contributed by atoms with Crippen LogP contribution in [0.2, 0.25) is 0 Å². The first-order chi connectivity index (χ1) is 12.2. The maximum absolute atomic E-state index is 12.4. The minimum atomic E-state index is -0.179. The van der Waals surface area contributed by atoms with Gasteiger partial charge in [-0.25, -0.2) is 0 Å². The van der Waals surface area contributed by atoms with Crippen molar-refractivity contribution in [2.24, 2.45) is 0 Å². The van der Waals surface area contributed by atoms with Crippen LogP contribution in [0, 0.1) is 0 Å². The normalized spacial score (nSPS) is 10.8. The Balaban J connectivity index is 1.90. The second kappa shape index (κ2) is 7.77. The number of ether oxygens (including phenoxy) is 1. The van der Waals surface area contributed by atoms with Crippen molar-refractivity contribution < 1.29 is 9.53 Å². The molecule has 0 radical (unpaired) electrons. The van der Waals surface area contributed by atoms with Crippen LogP contribution in [-0.4, -0.2) is 29.5 Å². The first kappa shape index (κ1) is 16.9. The Hall–Kier alpha value is -2.92. The molecule has 0 aliphatic rings. The molecular formula is C20H20N2O3. The molecule has 1 amide bonds. The van der Waals surface area contributed by atoms with Gasteiger partial charge in [0.1, 0.15) is 6.61 Å². The SMILES string of the molecule is COCC(=O)N(Cc1ccccc1)Cc1cc2ccccc2[nH]c1=O. The molecule has 1 aromatic heterocycles. The highest BCUT2D eigenvalue weighted by molar-refractivity contribution is 5.79. The Labute approximate surface area is 145 Å². The number of carbonyl (C=O) groups excluding carboxylic acids is 1. The second-order valence-electron chi connectivity index (χ2n) is 5.88. The summed E-state index contributed by atoms with van der Waals surface area (Å²) in [6.45, 7) is 0.644. The van der Waals surface area contributed by atoms with Gasteiger partial charge < -0.3 is 14.6 Å². The summed E-state index contributed by atoms with van der Waals surface area (Å²) >= 11 is 0. The number of pyridine rings is 1. The zero-order chi connectivity index (χ0) is 17.6. The zero-order valence-corrected chi connectivity index (χ0v) is 14.1. The first-order valence-corrected chi connectivity index (χ1v) is 8.09. The number of benzene rings is 2. The molecule has 3 rings (SSSR count). The van der Waals surface area contributed by atoms with Crippen LogP contribution in [0.5, 0.6) is 0 Å². The number of fused-ring (bicyclic) bond motifs is 1. The van der Waals surface area contributed by atoms with Crippen LogP contribution in [0.15, 0.2) is 65.5 Å². The van der Waals surface area contributed by atoms with Crippen molar-refractivity contribution in [2.75, 3.05) is 13.7 Å². The summed E-state index contributed by atoms with van der Waals surface area (Å²) in [7, 11) is 1.49. The lowest BCUT2D eigenvalue weighted by molar-refractivity contribution is -0.136. The molecule has 0 saturated heterocycles. The van der Waals surface area contributed by atoms with E-state index in [2.05, 4.69) is 4.98 Å². The van der Waals surface area contributed by atoms with Crippen molar-refractivity contribution in [3.63, 3.8) is 0 Å². The summed E-state index contributed by atoms with van der Waals surface area (Å²) in [6.07, 6.45) is 0. The fourth-order valence-electron chi connectivity index (χ4n) is 2.77. The smallest absolute Gasteiger partial charge is 0.253 e. The van der Waals surface area contributed by atoms with Gasteiger partial charge in [0.25, 0.3) is 5.56 Å². The van der Waals surface area contributed by atoms with Gasteiger partial charge in [-0.1, -0.05) is 48.5 Å². The van der Waals surface area contributed by atoms with E-state index in [1.54, 1.807) is 4.90 Å². The van der Waals surface area contributed by atoms with E-state index >= 15 is 0 Å². The summed E-state index contributed by atoms with van der Waals surface area (Å²) in [6, 6.07) is 19.1. The quantitative estimate of drug-likeness (QED) is 0.753. The van der Waals surface area contributed by atoms with Gasteiger partial charge in [0.15, 0.2) is 0 Å². The number of nitrogens with one attached hydrogen (secondary N) is 1. The predicted octanol–water partition coefficient (Wildman–Crippen LogP) is 2.70. The van der Waals surface area contributed by atoms with E-state index in [4.69, 9.17) is 4.74 Å². The van der Waals surface area contributed by atoms with Crippen LogP contribution >= 0.6 is 0 Å². The van der Waals surface area contributed by atoms with Gasteiger partial charge in [-0.3, -0.25) is 9.59 Å². The minimum absolute atomic E-state index is 0.0156. The van der Waals surface area contributed by atoms with E-state index < -0.39 is 0 Å². The Morgan fingerprint density at radius 2 is 1.76 bits per heavy atom. The summed E-state index contributed by atoms with van der Waals surface area (Å²) < 4.78 is 4.98. The van der Waals surface area contributed by atoms with E-state index in [9.17, 15) is 9.59 Å². The van der Waals surface area contributed by atoms with E-state index in [0.29, 0.717) is 12.1 Å². The van der Waals surface area contributed by atoms with Crippen molar-refractivity contribution in [3.8, 4) is 0 Å². The lowest BCUT2D eigenvalue weighted by Crippen LogP contribution is -2.34. The summed E-state index contributed by atoms with van der Waals surface area (Å²) in [5.41, 5.74) is 2.17. The molecule has 2 aromatic carbocycles. The van der Waals surface area contributed by atoms with Gasteiger partial charge in [-0.05, 0) is 23.1 Å². The topological polar surface area (TPSA) is 62.4 Å². The number of para-hydroxylation sites is 1. The maximum Gasteiger partial charge on any atom is 0.253 e. The molecule has 0 aliphatic heterocycles. The molecule has 5 heteroatoms. The fourth-order valence-corrected chi connectivity index (χ4v) is 2.77. The number of hydrogen-bond acceptors (Lipinski definition) is 3. The number of nitrogens with zero attached hydrogens (tertiary/aromatic N) is 1. The van der Waals surface area contributed by atoms with E-state index in [1.807, 2.05) is 60.7 Å². The molecule has 1 N–H and O–H groups in total. The molecule has 1 heterocycles. The molecule has 0 aliphatic carbocycles. The predicted molar refractivity (Wildman–Crippen MR) is 97.1 cm³/mol. The number of carbonyl (C=O) groups is 1. The van der Waals surface area contributed by atoms with Gasteiger partial charge in [-0.2, -0.15) is 0 Å². The molecule has 5 nitrogen and oxygen atoms in total. The molecular weight excluding hydrogens is 316 g/mol. The molecule has 25 heavy (non-hydrogen) atoms. The number of rotatable bonds is 6. The van der Waals surface area contributed by atoms with Crippen LogP contribution in [0.1, 0.15) is 11.1 Å². The molecule has 0 atom stereocenters. The average Bonchev–Trinajstić information content (AvgIpc) is 2.62. The average molecular weight is 336 g/mol. The van der Waals surface area contributed by atoms with E-state index in [0.717, 1.165) is 16.5 Å². The molecule has 0 unspecified atom stereocenters. The fraction of sp³-hybridized carbons (Fsp3) is 0.200. The van der Waals surface area contributed by atoms with E-state index in [-0.39, 0.29) is 24.6 Å². The number of hydrogen-bond donors (Lipinski definition) is 1. The van der Waals surface area contributed by atoms with Crippen molar-refractivity contribution >= 4 is 16.8 Å². The van der Waals surface area contributed by atoms with Crippen LogP contribution in [0.25, 0.3) is 10.9 Å². The lowest BCUT2D eigenvalue weighted by atomic mass is 10.1. The Bertz CT molecular complexity index is 919. The van der Waals surface area contributed by atoms with Crippen molar-refractivity contribution in [2.45, 2.75) is 13.1 Å². The second-order valence-corrected chi connectivity index (χ2v) is 5.88. The van der Waals surface area contributed by atoms with Crippen LogP contribution in [0.3, 0.4) is 0 Å². The van der Waals surface area contributed by atoms with Crippen LogP contribution < -0.4 is 5.56 Å². The highest BCUT2D eigenvalue weighted by Crippen LogP contribution is 2.13. The monoisotopic (exact) mass is 336 g/mol. The van der Waals surface area contributed by atoms with Gasteiger partial charge in [0.2, 0.25) is 5.91 Å². The van der Waals surface area contributed by atoms with Crippen molar-refractivity contribution in [1.82, 2.24) is 9.88 Å². The molecule has 0 fully saturated rings. The summed E-state index contributed by atoms with van der Waals surface area (Å²) in [5, 5.41) is 0.941. The standard InChI is InChI=1S/C20H20N2O3/c1-25-14-19(23)22(12-15-7-3-2-4-8-15)13-17-11-16-9-5-6-10-18(16)21-20(17)24/h2-11H,12-14H2,1H3,(H,21,24). The number of methoxy groups -OCH3 is 1. The zero-order valence-electron chi connectivity index (χ0n) is 14.1. The lowest BCUT2D eigenvalue weighted by Gasteiger charge is -2.22. The van der Waals surface area contributed by atoms with Gasteiger partial charge in [0.05, 0.1) is 6.54 Å². The van der Waals surface area contributed by atoms with Crippen molar-refractivity contribution in [1.29, 1.82) is 0 Å². The molecule has 0 spiro atoms. The van der Waals surface area contributed by atoms with E-state index in [1.165, 1.54) is 7.11 Å². The third-order valence-corrected chi connectivity index (χ3v) is 4.03. The summed E-state index contributed by atoms with van der Waals surface area (Å²) in [5.74, 6) is -0.154.